The number of amides is 3. The lowest BCUT2D eigenvalue weighted by atomic mass is 9.90. The lowest BCUT2D eigenvalue weighted by molar-refractivity contribution is -0.159. The molecule has 3 amide bonds. The summed E-state index contributed by atoms with van der Waals surface area (Å²) in [6.07, 6.45) is 6.20. The number of alkyl carbamates (subject to hydrolysis) is 1. The fraction of sp³-hybridized carbons (Fsp3) is 0.714. The molecule has 1 aliphatic carbocycles. The van der Waals surface area contributed by atoms with E-state index in [0.717, 1.165) is 18.4 Å². The predicted octanol–water partition coefficient (Wildman–Crippen LogP) is 5.88. The highest BCUT2D eigenvalue weighted by Crippen LogP contribution is 2.28. The number of benzene rings is 1. The number of nitrogens with zero attached hydrogens (tertiary/aromatic N) is 1. The minimum Gasteiger partial charge on any atom is -0.458 e. The molecule has 0 aromatic heterocycles. The summed E-state index contributed by atoms with van der Waals surface area (Å²) in [6, 6.07) is 7.62. The number of nitrogens with one attached hydrogen (secondary N) is 2. The molecule has 0 bridgehead atoms. The van der Waals surface area contributed by atoms with E-state index in [2.05, 4.69) is 10.6 Å². The van der Waals surface area contributed by atoms with E-state index >= 15 is 0 Å². The van der Waals surface area contributed by atoms with Gasteiger partial charge in [-0.3, -0.25) is 9.69 Å². The highest BCUT2D eigenvalue weighted by molar-refractivity contribution is 5.90. The van der Waals surface area contributed by atoms with Gasteiger partial charge in [-0.1, -0.05) is 49.6 Å². The molecule has 1 aromatic rings. The van der Waals surface area contributed by atoms with Crippen molar-refractivity contribution in [3.8, 4) is 0 Å². The van der Waals surface area contributed by atoms with Gasteiger partial charge in [0, 0.05) is 19.6 Å². The molecule has 2 N–H and O–H groups in total. The second-order valence-electron chi connectivity index (χ2n) is 14.4. The van der Waals surface area contributed by atoms with E-state index in [0.29, 0.717) is 44.8 Å². The molecule has 11 heteroatoms. The zero-order chi connectivity index (χ0) is 33.7. The molecule has 258 valence electrons. The maximum absolute atomic E-state index is 13.7. The van der Waals surface area contributed by atoms with Crippen molar-refractivity contribution in [3.05, 3.63) is 35.9 Å². The van der Waals surface area contributed by atoms with E-state index in [1.54, 1.807) is 41.5 Å². The lowest BCUT2D eigenvalue weighted by Gasteiger charge is -2.29. The van der Waals surface area contributed by atoms with Crippen molar-refractivity contribution in [2.75, 3.05) is 19.7 Å². The normalized spacial score (nSPS) is 19.7. The van der Waals surface area contributed by atoms with Gasteiger partial charge in [0.25, 0.3) is 0 Å². The summed E-state index contributed by atoms with van der Waals surface area (Å²) in [7, 11) is 0. The third-order valence-corrected chi connectivity index (χ3v) is 7.90. The van der Waals surface area contributed by atoms with Crippen LogP contribution < -0.4 is 10.6 Å². The van der Waals surface area contributed by atoms with E-state index in [4.69, 9.17) is 18.9 Å². The van der Waals surface area contributed by atoms with E-state index in [1.165, 1.54) is 24.2 Å². The number of esters is 1. The zero-order valence-corrected chi connectivity index (χ0v) is 28.6. The average Bonchev–Trinajstić information content (AvgIpc) is 3.42. The third kappa shape index (κ3) is 13.6. The molecule has 1 heterocycles. The van der Waals surface area contributed by atoms with Gasteiger partial charge in [-0.05, 0) is 85.1 Å². The van der Waals surface area contributed by atoms with Crippen molar-refractivity contribution >= 4 is 24.1 Å². The Bertz CT molecular complexity index is 1120. The maximum Gasteiger partial charge on any atom is 0.411 e. The van der Waals surface area contributed by atoms with Crippen LogP contribution in [0.25, 0.3) is 0 Å². The van der Waals surface area contributed by atoms with Crippen LogP contribution in [-0.2, 0) is 35.1 Å². The first-order valence-electron chi connectivity index (χ1n) is 16.8. The minimum atomic E-state index is -0.931. The molecular formula is C35H55N3O8. The van der Waals surface area contributed by atoms with E-state index in [-0.39, 0.29) is 19.3 Å². The van der Waals surface area contributed by atoms with Crippen LogP contribution in [0.4, 0.5) is 9.59 Å². The van der Waals surface area contributed by atoms with Gasteiger partial charge in [-0.15, -0.1) is 0 Å². The lowest BCUT2D eigenvalue weighted by Crippen LogP contribution is -2.52. The van der Waals surface area contributed by atoms with Crippen LogP contribution in [0.1, 0.15) is 105 Å². The quantitative estimate of drug-likeness (QED) is 0.154. The van der Waals surface area contributed by atoms with Gasteiger partial charge in [-0.25, -0.2) is 14.4 Å². The van der Waals surface area contributed by atoms with Crippen molar-refractivity contribution in [2.45, 2.75) is 135 Å². The fourth-order valence-corrected chi connectivity index (χ4v) is 5.64. The first kappa shape index (κ1) is 37.1. The van der Waals surface area contributed by atoms with Gasteiger partial charge < -0.3 is 29.6 Å². The Morgan fingerprint density at radius 3 is 2.24 bits per heavy atom. The van der Waals surface area contributed by atoms with Gasteiger partial charge in [0.05, 0.1) is 12.6 Å². The number of hydrogen-bond donors (Lipinski definition) is 2. The van der Waals surface area contributed by atoms with Crippen molar-refractivity contribution in [3.63, 3.8) is 0 Å². The molecule has 3 atom stereocenters. The fourth-order valence-electron chi connectivity index (χ4n) is 5.64. The van der Waals surface area contributed by atoms with Crippen LogP contribution in [0.3, 0.4) is 0 Å². The van der Waals surface area contributed by atoms with Crippen molar-refractivity contribution in [1.82, 2.24) is 15.5 Å². The summed E-state index contributed by atoms with van der Waals surface area (Å²) in [5.74, 6) is -0.510. The monoisotopic (exact) mass is 645 g/mol. The van der Waals surface area contributed by atoms with Crippen molar-refractivity contribution in [1.29, 1.82) is 0 Å². The van der Waals surface area contributed by atoms with Crippen LogP contribution in [-0.4, -0.2) is 78.0 Å². The Labute approximate surface area is 274 Å². The van der Waals surface area contributed by atoms with Gasteiger partial charge in [0.15, 0.2) is 0 Å². The van der Waals surface area contributed by atoms with Crippen LogP contribution >= 0.6 is 0 Å². The third-order valence-electron chi connectivity index (χ3n) is 7.90. The van der Waals surface area contributed by atoms with Crippen molar-refractivity contribution in [2.24, 2.45) is 5.92 Å². The van der Waals surface area contributed by atoms with Crippen LogP contribution in [0, 0.1) is 5.92 Å². The molecule has 11 nitrogen and oxygen atoms in total. The second-order valence-corrected chi connectivity index (χ2v) is 14.4. The number of likely N-dealkylation sites (tertiary alicyclic amines) is 1. The first-order valence-corrected chi connectivity index (χ1v) is 16.8. The zero-order valence-electron chi connectivity index (χ0n) is 28.6. The Morgan fingerprint density at radius 2 is 1.59 bits per heavy atom. The molecule has 3 rings (SSSR count). The summed E-state index contributed by atoms with van der Waals surface area (Å²) in [6.45, 7) is 12.0. The largest absolute Gasteiger partial charge is 0.458 e. The summed E-state index contributed by atoms with van der Waals surface area (Å²) < 4.78 is 22.7. The van der Waals surface area contributed by atoms with Gasteiger partial charge in [0.2, 0.25) is 5.91 Å². The highest BCUT2D eigenvalue weighted by atomic mass is 16.6. The molecule has 0 unspecified atom stereocenters. The van der Waals surface area contributed by atoms with Gasteiger partial charge >= 0.3 is 18.2 Å². The molecule has 2 aliphatic rings. The number of hydrogen-bond acceptors (Lipinski definition) is 8. The Balaban J connectivity index is 1.58. The Morgan fingerprint density at radius 1 is 0.913 bits per heavy atom. The molecule has 46 heavy (non-hydrogen) atoms. The molecule has 1 aromatic carbocycles. The summed E-state index contributed by atoms with van der Waals surface area (Å²) in [5.41, 5.74) is -0.596. The number of unbranched alkanes of at least 4 members (excludes halogenated alkanes) is 1. The van der Waals surface area contributed by atoms with Crippen LogP contribution in [0.2, 0.25) is 0 Å². The molecule has 1 saturated carbocycles. The summed E-state index contributed by atoms with van der Waals surface area (Å²) in [4.78, 5) is 53.6. The van der Waals surface area contributed by atoms with E-state index in [9.17, 15) is 19.2 Å². The second kappa shape index (κ2) is 17.5. The number of ether oxygens (including phenoxy) is 4. The number of carbonyl (C=O) groups excluding carboxylic acids is 4. The SMILES string of the molecule is CC(C)(C)OC(=O)[C@H](CCCCNC(=O)OCc1ccccc1)NC(=O)[C@@H]1C[C@@H](OCC2CCCCC2)CN1C(=O)OC(C)(C)C. The maximum atomic E-state index is 13.7. The van der Waals surface area contributed by atoms with Crippen LogP contribution in [0.5, 0.6) is 0 Å². The highest BCUT2D eigenvalue weighted by Gasteiger charge is 2.43. The standard InChI is InChI=1S/C35H55N3O8/c1-34(2,3)45-31(40)28(19-13-14-20-36-32(41)44-24-26-17-11-8-12-18-26)37-30(39)29-21-27(43-23-25-15-9-7-10-16-25)22-38(29)33(42)46-35(4,5)6/h8,11-12,17-18,25,27-29H,7,9-10,13-16,19-24H2,1-6H3,(H,36,41)(H,37,39)/t27-,28+,29+/m1/s1. The smallest absolute Gasteiger partial charge is 0.411 e. The number of carbonyl (C=O) groups is 4. The van der Waals surface area contributed by atoms with Crippen LogP contribution in [0.15, 0.2) is 30.3 Å². The summed E-state index contributed by atoms with van der Waals surface area (Å²) >= 11 is 0. The Kier molecular flexibility index (Phi) is 14.2. The first-order chi connectivity index (χ1) is 21.7. The molecular weight excluding hydrogens is 590 g/mol. The molecule has 0 radical (unpaired) electrons. The van der Waals surface area contributed by atoms with E-state index in [1.807, 2.05) is 30.3 Å². The Hall–Kier alpha value is -3.34. The molecule has 1 aliphatic heterocycles. The molecule has 2 fully saturated rings. The van der Waals surface area contributed by atoms with Crippen molar-refractivity contribution < 1.29 is 38.1 Å². The van der Waals surface area contributed by atoms with E-state index < -0.39 is 47.3 Å². The van der Waals surface area contributed by atoms with Gasteiger partial charge in [-0.2, -0.15) is 0 Å². The minimum absolute atomic E-state index is 0.174. The average molecular weight is 646 g/mol. The topological polar surface area (TPSA) is 132 Å². The summed E-state index contributed by atoms with van der Waals surface area (Å²) in [5, 5.41) is 5.58. The molecule has 0 spiro atoms. The van der Waals surface area contributed by atoms with Gasteiger partial charge in [0.1, 0.15) is 29.9 Å². The molecule has 1 saturated heterocycles. The number of rotatable bonds is 13. The predicted molar refractivity (Wildman–Crippen MR) is 174 cm³/mol.